The molecule has 1 atom stereocenters. The van der Waals surface area contributed by atoms with Crippen molar-refractivity contribution in [1.82, 2.24) is 0 Å². The summed E-state index contributed by atoms with van der Waals surface area (Å²) in [5.41, 5.74) is 6.67. The number of halogens is 1. The number of anilines is 1. The van der Waals surface area contributed by atoms with Crippen molar-refractivity contribution in [2.75, 3.05) is 19.0 Å². The molecule has 0 radical (unpaired) electrons. The minimum Gasteiger partial charge on any atom is -0.496 e. The second-order valence-corrected chi connectivity index (χ2v) is 4.06. The highest BCUT2D eigenvalue weighted by Crippen LogP contribution is 2.27. The van der Waals surface area contributed by atoms with E-state index < -0.39 is 0 Å². The first-order valence-corrected chi connectivity index (χ1v) is 5.25. The topological polar surface area (TPSA) is 47.3 Å². The first kappa shape index (κ1) is 11.3. The van der Waals surface area contributed by atoms with Crippen molar-refractivity contribution in [3.8, 4) is 5.75 Å². The van der Waals surface area contributed by atoms with Crippen LogP contribution < -0.4 is 15.8 Å². The Labute approximate surface area is 92.8 Å². The Morgan fingerprint density at radius 1 is 1.57 bits per heavy atom. The molecule has 0 saturated heterocycles. The van der Waals surface area contributed by atoms with Crippen LogP contribution in [0.1, 0.15) is 6.92 Å². The summed E-state index contributed by atoms with van der Waals surface area (Å²) in [6, 6.07) is 6.00. The molecule has 1 aromatic carbocycles. The summed E-state index contributed by atoms with van der Waals surface area (Å²) in [4.78, 5) is 0. The lowest BCUT2D eigenvalue weighted by Crippen LogP contribution is -2.25. The molecule has 14 heavy (non-hydrogen) atoms. The maximum absolute atomic E-state index is 5.64. The van der Waals surface area contributed by atoms with Gasteiger partial charge < -0.3 is 15.8 Å². The number of methoxy groups -OCH3 is 1. The molecule has 1 aromatic rings. The van der Waals surface area contributed by atoms with Crippen molar-refractivity contribution in [2.24, 2.45) is 5.73 Å². The van der Waals surface area contributed by atoms with Crippen LogP contribution in [0.5, 0.6) is 5.75 Å². The summed E-state index contributed by atoms with van der Waals surface area (Å²) >= 11 is 3.42. The Balaban J connectivity index is 2.66. The van der Waals surface area contributed by atoms with E-state index in [4.69, 9.17) is 10.5 Å². The molecule has 1 unspecified atom stereocenters. The third-order valence-corrected chi connectivity index (χ3v) is 2.40. The highest BCUT2D eigenvalue weighted by molar-refractivity contribution is 9.10. The van der Waals surface area contributed by atoms with Gasteiger partial charge in [0.15, 0.2) is 0 Å². The lowest BCUT2D eigenvalue weighted by Gasteiger charge is -2.10. The highest BCUT2D eigenvalue weighted by Gasteiger charge is 2.01. The van der Waals surface area contributed by atoms with Crippen molar-refractivity contribution < 1.29 is 4.74 Å². The van der Waals surface area contributed by atoms with E-state index in [9.17, 15) is 0 Å². The van der Waals surface area contributed by atoms with Gasteiger partial charge in [0, 0.05) is 18.3 Å². The monoisotopic (exact) mass is 258 g/mol. The molecule has 0 spiro atoms. The van der Waals surface area contributed by atoms with Crippen LogP contribution in [0.15, 0.2) is 22.7 Å². The summed E-state index contributed by atoms with van der Waals surface area (Å²) in [6.07, 6.45) is 0. The van der Waals surface area contributed by atoms with Crippen molar-refractivity contribution in [3.63, 3.8) is 0 Å². The number of ether oxygens (including phenoxy) is 1. The molecule has 0 fully saturated rings. The van der Waals surface area contributed by atoms with Gasteiger partial charge in [-0.05, 0) is 41.1 Å². The predicted molar refractivity (Wildman–Crippen MR) is 62.8 cm³/mol. The molecule has 78 valence electrons. The van der Waals surface area contributed by atoms with Gasteiger partial charge in [-0.15, -0.1) is 0 Å². The maximum Gasteiger partial charge on any atom is 0.133 e. The van der Waals surface area contributed by atoms with Crippen LogP contribution in [0, 0.1) is 0 Å². The number of benzene rings is 1. The van der Waals surface area contributed by atoms with E-state index in [0.29, 0.717) is 0 Å². The lowest BCUT2D eigenvalue weighted by molar-refractivity contribution is 0.412. The van der Waals surface area contributed by atoms with Gasteiger partial charge >= 0.3 is 0 Å². The minimum absolute atomic E-state index is 0.149. The molecule has 0 heterocycles. The SMILES string of the molecule is COc1ccc(NCC(C)N)cc1Br. The van der Waals surface area contributed by atoms with Gasteiger partial charge in [0.1, 0.15) is 5.75 Å². The fourth-order valence-electron chi connectivity index (χ4n) is 1.06. The van der Waals surface area contributed by atoms with Gasteiger partial charge in [0.05, 0.1) is 11.6 Å². The summed E-state index contributed by atoms with van der Waals surface area (Å²) < 4.78 is 6.07. The van der Waals surface area contributed by atoms with Crippen LogP contribution in [0.2, 0.25) is 0 Å². The molecule has 0 saturated carbocycles. The second kappa shape index (κ2) is 5.22. The van der Waals surface area contributed by atoms with Crippen LogP contribution in [-0.4, -0.2) is 19.7 Å². The smallest absolute Gasteiger partial charge is 0.133 e. The van der Waals surface area contributed by atoms with E-state index in [2.05, 4.69) is 21.2 Å². The summed E-state index contributed by atoms with van der Waals surface area (Å²) in [7, 11) is 1.65. The molecule has 0 aliphatic heterocycles. The quantitative estimate of drug-likeness (QED) is 0.871. The van der Waals surface area contributed by atoms with E-state index in [1.54, 1.807) is 7.11 Å². The zero-order valence-electron chi connectivity index (χ0n) is 8.38. The molecule has 0 aromatic heterocycles. The standard InChI is InChI=1S/C10H15BrN2O/c1-7(12)6-13-8-3-4-10(14-2)9(11)5-8/h3-5,7,13H,6,12H2,1-2H3. The fourth-order valence-corrected chi connectivity index (χ4v) is 1.60. The zero-order valence-corrected chi connectivity index (χ0v) is 9.97. The normalized spacial score (nSPS) is 12.3. The average molecular weight is 259 g/mol. The summed E-state index contributed by atoms with van der Waals surface area (Å²) in [5, 5.41) is 3.23. The van der Waals surface area contributed by atoms with Crippen LogP contribution in [0.4, 0.5) is 5.69 Å². The molecular formula is C10H15BrN2O. The number of hydrogen-bond acceptors (Lipinski definition) is 3. The van der Waals surface area contributed by atoms with E-state index in [1.807, 2.05) is 25.1 Å². The van der Waals surface area contributed by atoms with Crippen molar-refractivity contribution in [2.45, 2.75) is 13.0 Å². The van der Waals surface area contributed by atoms with Gasteiger partial charge in [-0.1, -0.05) is 0 Å². The first-order chi connectivity index (χ1) is 6.63. The van der Waals surface area contributed by atoms with E-state index in [-0.39, 0.29) is 6.04 Å². The molecule has 0 aliphatic rings. The highest BCUT2D eigenvalue weighted by atomic mass is 79.9. The summed E-state index contributed by atoms with van der Waals surface area (Å²) in [5.74, 6) is 0.830. The van der Waals surface area contributed by atoms with E-state index >= 15 is 0 Å². The number of nitrogens with two attached hydrogens (primary N) is 1. The number of nitrogens with one attached hydrogen (secondary N) is 1. The van der Waals surface area contributed by atoms with Crippen molar-refractivity contribution in [1.29, 1.82) is 0 Å². The zero-order chi connectivity index (χ0) is 10.6. The molecule has 1 rings (SSSR count). The Morgan fingerprint density at radius 2 is 2.29 bits per heavy atom. The van der Waals surface area contributed by atoms with Gasteiger partial charge in [-0.25, -0.2) is 0 Å². The Bertz CT molecular complexity index is 302. The van der Waals surface area contributed by atoms with Crippen molar-refractivity contribution >= 4 is 21.6 Å². The number of hydrogen-bond donors (Lipinski definition) is 2. The number of rotatable bonds is 4. The molecule has 3 nitrogen and oxygen atoms in total. The second-order valence-electron chi connectivity index (χ2n) is 3.21. The van der Waals surface area contributed by atoms with Crippen LogP contribution in [0.3, 0.4) is 0 Å². The van der Waals surface area contributed by atoms with E-state index in [0.717, 1.165) is 22.5 Å². The molecule has 0 aliphatic carbocycles. The van der Waals surface area contributed by atoms with Gasteiger partial charge in [-0.2, -0.15) is 0 Å². The Hall–Kier alpha value is -0.740. The van der Waals surface area contributed by atoms with Crippen LogP contribution in [0.25, 0.3) is 0 Å². The predicted octanol–water partition coefficient (Wildman–Crippen LogP) is 2.22. The third kappa shape index (κ3) is 3.20. The molecule has 3 N–H and O–H groups in total. The van der Waals surface area contributed by atoms with E-state index in [1.165, 1.54) is 0 Å². The van der Waals surface area contributed by atoms with Gasteiger partial charge in [0.25, 0.3) is 0 Å². The van der Waals surface area contributed by atoms with Gasteiger partial charge in [0.2, 0.25) is 0 Å². The molecular weight excluding hydrogens is 244 g/mol. The molecule has 0 amide bonds. The largest absolute Gasteiger partial charge is 0.496 e. The lowest BCUT2D eigenvalue weighted by atomic mass is 10.3. The first-order valence-electron chi connectivity index (χ1n) is 4.46. The molecule has 0 bridgehead atoms. The summed E-state index contributed by atoms with van der Waals surface area (Å²) in [6.45, 7) is 2.73. The average Bonchev–Trinajstić information content (AvgIpc) is 2.15. The van der Waals surface area contributed by atoms with Crippen molar-refractivity contribution in [3.05, 3.63) is 22.7 Å². The Morgan fingerprint density at radius 3 is 2.79 bits per heavy atom. The fraction of sp³-hybridized carbons (Fsp3) is 0.400. The minimum atomic E-state index is 0.149. The van der Waals surface area contributed by atoms with Crippen LogP contribution >= 0.6 is 15.9 Å². The van der Waals surface area contributed by atoms with Gasteiger partial charge in [-0.3, -0.25) is 0 Å². The molecule has 4 heteroatoms. The third-order valence-electron chi connectivity index (χ3n) is 1.78. The maximum atomic E-state index is 5.64. The Kier molecular flexibility index (Phi) is 4.22. The van der Waals surface area contributed by atoms with Crippen LogP contribution in [-0.2, 0) is 0 Å².